The number of aromatic nitrogens is 2. The molecule has 1 N–H and O–H groups in total. The Morgan fingerprint density at radius 2 is 2.04 bits per heavy atom. The van der Waals surface area contributed by atoms with Crippen molar-refractivity contribution < 1.29 is 22.4 Å². The van der Waals surface area contributed by atoms with Crippen LogP contribution in [0.25, 0.3) is 11.0 Å². The van der Waals surface area contributed by atoms with Crippen LogP contribution in [0, 0.1) is 6.92 Å². The Labute approximate surface area is 154 Å². The molecular formula is C17H12F3N3O3S. The summed E-state index contributed by atoms with van der Waals surface area (Å²) in [7, 11) is 0. The number of carbonyl (C=O) groups excluding carboxylic acids is 1. The van der Waals surface area contributed by atoms with Gasteiger partial charge in [0.05, 0.1) is 5.75 Å². The molecule has 10 heteroatoms. The molecule has 3 aromatic rings. The normalized spacial score (nSPS) is 11.6. The lowest BCUT2D eigenvalue weighted by molar-refractivity contribution is -0.141. The molecule has 0 aliphatic carbocycles. The van der Waals surface area contributed by atoms with Crippen molar-refractivity contribution >= 4 is 34.3 Å². The SMILES string of the molecule is Cc1cc(=O)oc2cc(NC(=O)CSc3nccc(C(F)(F)F)n3)ccc12. The highest BCUT2D eigenvalue weighted by Crippen LogP contribution is 2.28. The highest BCUT2D eigenvalue weighted by atomic mass is 32.2. The van der Waals surface area contributed by atoms with Crippen molar-refractivity contribution in [1.82, 2.24) is 9.97 Å². The molecule has 0 saturated heterocycles. The summed E-state index contributed by atoms with van der Waals surface area (Å²) in [6.45, 7) is 1.77. The number of benzene rings is 1. The van der Waals surface area contributed by atoms with Crippen LogP contribution in [0.3, 0.4) is 0 Å². The zero-order valence-electron chi connectivity index (χ0n) is 13.8. The van der Waals surface area contributed by atoms with E-state index < -0.39 is 23.4 Å². The minimum absolute atomic E-state index is 0.153. The number of carbonyl (C=O) groups is 1. The average molecular weight is 395 g/mol. The number of thioether (sulfide) groups is 1. The molecule has 1 amide bonds. The van der Waals surface area contributed by atoms with Crippen LogP contribution in [0.1, 0.15) is 11.3 Å². The Bertz CT molecular complexity index is 1070. The Morgan fingerprint density at radius 3 is 2.78 bits per heavy atom. The number of anilines is 1. The third kappa shape index (κ3) is 4.64. The summed E-state index contributed by atoms with van der Waals surface area (Å²) in [6, 6.07) is 6.97. The van der Waals surface area contributed by atoms with Gasteiger partial charge in [-0.15, -0.1) is 0 Å². The van der Waals surface area contributed by atoms with Gasteiger partial charge in [0.2, 0.25) is 5.91 Å². The summed E-state index contributed by atoms with van der Waals surface area (Å²) in [6.07, 6.45) is -3.59. The topological polar surface area (TPSA) is 85.1 Å². The summed E-state index contributed by atoms with van der Waals surface area (Å²) in [4.78, 5) is 30.6. The quantitative estimate of drug-likeness (QED) is 0.412. The van der Waals surface area contributed by atoms with E-state index in [4.69, 9.17) is 4.42 Å². The molecule has 140 valence electrons. The van der Waals surface area contributed by atoms with Crippen molar-refractivity contribution in [3.05, 3.63) is 58.2 Å². The predicted octanol–water partition coefficient (Wildman–Crippen LogP) is 3.64. The molecule has 0 aliphatic rings. The van der Waals surface area contributed by atoms with E-state index in [1.807, 2.05) is 0 Å². The summed E-state index contributed by atoms with van der Waals surface area (Å²) in [5.41, 5.74) is -0.101. The first-order chi connectivity index (χ1) is 12.7. The number of hydrogen-bond acceptors (Lipinski definition) is 6. The van der Waals surface area contributed by atoms with Gasteiger partial charge >= 0.3 is 11.8 Å². The number of nitrogens with one attached hydrogen (secondary N) is 1. The van der Waals surface area contributed by atoms with Gasteiger partial charge < -0.3 is 9.73 Å². The van der Waals surface area contributed by atoms with Gasteiger partial charge in [0.25, 0.3) is 0 Å². The number of halogens is 3. The minimum Gasteiger partial charge on any atom is -0.423 e. The van der Waals surface area contributed by atoms with E-state index in [0.29, 0.717) is 11.3 Å². The van der Waals surface area contributed by atoms with E-state index in [9.17, 15) is 22.8 Å². The van der Waals surface area contributed by atoms with Gasteiger partial charge in [-0.25, -0.2) is 14.8 Å². The smallest absolute Gasteiger partial charge is 0.423 e. The predicted molar refractivity (Wildman–Crippen MR) is 93.6 cm³/mol. The van der Waals surface area contributed by atoms with E-state index in [-0.39, 0.29) is 10.9 Å². The lowest BCUT2D eigenvalue weighted by Gasteiger charge is -2.08. The maximum Gasteiger partial charge on any atom is 0.433 e. The van der Waals surface area contributed by atoms with Gasteiger partial charge in [0.1, 0.15) is 11.3 Å². The first kappa shape index (κ1) is 18.9. The van der Waals surface area contributed by atoms with Crippen LogP contribution >= 0.6 is 11.8 Å². The van der Waals surface area contributed by atoms with Crippen molar-refractivity contribution in [2.24, 2.45) is 0 Å². The number of fused-ring (bicyclic) bond motifs is 1. The highest BCUT2D eigenvalue weighted by molar-refractivity contribution is 7.99. The van der Waals surface area contributed by atoms with Crippen molar-refractivity contribution in [3.8, 4) is 0 Å². The number of hydrogen-bond donors (Lipinski definition) is 1. The first-order valence-electron chi connectivity index (χ1n) is 7.60. The number of alkyl halides is 3. The van der Waals surface area contributed by atoms with Crippen LogP contribution < -0.4 is 10.9 Å². The second-order valence-electron chi connectivity index (χ2n) is 5.52. The Hall–Kier alpha value is -2.88. The van der Waals surface area contributed by atoms with Gasteiger partial charge in [-0.3, -0.25) is 4.79 Å². The summed E-state index contributed by atoms with van der Waals surface area (Å²) in [5.74, 6) is -0.646. The van der Waals surface area contributed by atoms with E-state index >= 15 is 0 Å². The number of nitrogens with zero attached hydrogens (tertiary/aromatic N) is 2. The van der Waals surface area contributed by atoms with Crippen LogP contribution in [0.15, 0.2) is 50.9 Å². The number of aryl methyl sites for hydroxylation is 1. The van der Waals surface area contributed by atoms with Crippen LogP contribution in [0.5, 0.6) is 0 Å². The van der Waals surface area contributed by atoms with Gasteiger partial charge in [0.15, 0.2) is 5.16 Å². The molecule has 0 bridgehead atoms. The standard InChI is InChI=1S/C17H12F3N3O3S/c1-9-6-15(25)26-12-7-10(2-3-11(9)12)22-14(24)8-27-16-21-5-4-13(23-16)17(18,19)20/h2-7H,8H2,1H3,(H,22,24). The molecule has 2 heterocycles. The zero-order valence-corrected chi connectivity index (χ0v) is 14.6. The summed E-state index contributed by atoms with van der Waals surface area (Å²) >= 11 is 0.779. The van der Waals surface area contributed by atoms with Crippen LogP contribution in [-0.4, -0.2) is 21.6 Å². The minimum atomic E-state index is -4.58. The second-order valence-corrected chi connectivity index (χ2v) is 6.46. The maximum atomic E-state index is 12.6. The van der Waals surface area contributed by atoms with Crippen LogP contribution in [0.2, 0.25) is 0 Å². The van der Waals surface area contributed by atoms with Crippen molar-refractivity contribution in [3.63, 3.8) is 0 Å². The number of rotatable bonds is 4. The van der Waals surface area contributed by atoms with Crippen molar-refractivity contribution in [2.45, 2.75) is 18.3 Å². The first-order valence-corrected chi connectivity index (χ1v) is 8.58. The molecular weight excluding hydrogens is 383 g/mol. The van der Waals surface area contributed by atoms with Gasteiger partial charge in [-0.1, -0.05) is 11.8 Å². The lowest BCUT2D eigenvalue weighted by atomic mass is 10.1. The molecule has 0 aliphatic heterocycles. The van der Waals surface area contributed by atoms with E-state index in [2.05, 4.69) is 15.3 Å². The van der Waals surface area contributed by atoms with Gasteiger partial charge in [0, 0.05) is 29.4 Å². The fraction of sp³-hybridized carbons (Fsp3) is 0.176. The maximum absolute atomic E-state index is 12.6. The summed E-state index contributed by atoms with van der Waals surface area (Å²) < 4.78 is 43.0. The van der Waals surface area contributed by atoms with E-state index in [1.54, 1.807) is 19.1 Å². The fourth-order valence-corrected chi connectivity index (χ4v) is 2.93. The number of amides is 1. The average Bonchev–Trinajstić information content (AvgIpc) is 2.59. The molecule has 0 saturated carbocycles. The van der Waals surface area contributed by atoms with Crippen molar-refractivity contribution in [2.75, 3.05) is 11.1 Å². The molecule has 0 atom stereocenters. The van der Waals surface area contributed by atoms with Crippen LogP contribution in [-0.2, 0) is 11.0 Å². The van der Waals surface area contributed by atoms with Crippen LogP contribution in [0.4, 0.5) is 18.9 Å². The Morgan fingerprint density at radius 1 is 1.26 bits per heavy atom. The Kier molecular flexibility index (Phi) is 5.17. The second kappa shape index (κ2) is 7.39. The molecule has 0 fully saturated rings. The molecule has 3 rings (SSSR count). The molecule has 27 heavy (non-hydrogen) atoms. The van der Waals surface area contributed by atoms with E-state index in [0.717, 1.165) is 35.0 Å². The third-order valence-electron chi connectivity index (χ3n) is 3.49. The summed E-state index contributed by atoms with van der Waals surface area (Å²) in [5, 5.41) is 3.17. The van der Waals surface area contributed by atoms with Crippen molar-refractivity contribution in [1.29, 1.82) is 0 Å². The highest BCUT2D eigenvalue weighted by Gasteiger charge is 2.32. The van der Waals surface area contributed by atoms with Gasteiger partial charge in [-0.2, -0.15) is 13.2 Å². The fourth-order valence-electron chi connectivity index (χ4n) is 2.30. The lowest BCUT2D eigenvalue weighted by Crippen LogP contribution is -2.15. The molecule has 0 radical (unpaired) electrons. The molecule has 1 aromatic carbocycles. The van der Waals surface area contributed by atoms with Gasteiger partial charge in [-0.05, 0) is 30.7 Å². The van der Waals surface area contributed by atoms with E-state index in [1.165, 1.54) is 12.1 Å². The largest absolute Gasteiger partial charge is 0.433 e. The third-order valence-corrected chi connectivity index (χ3v) is 4.35. The molecule has 6 nitrogen and oxygen atoms in total. The Balaban J connectivity index is 1.68. The monoisotopic (exact) mass is 395 g/mol. The molecule has 0 unspecified atom stereocenters. The zero-order chi connectivity index (χ0) is 19.6. The molecule has 2 aromatic heterocycles. The molecule has 0 spiro atoms.